The Bertz CT molecular complexity index is 343. The molecule has 70 valence electrons. The number of anilines is 1. The van der Waals surface area contributed by atoms with Gasteiger partial charge in [-0.15, -0.1) is 11.8 Å². The molecular formula is C9H9ClFNS. The van der Waals surface area contributed by atoms with Gasteiger partial charge in [0, 0.05) is 17.5 Å². The van der Waals surface area contributed by atoms with Crippen molar-refractivity contribution < 1.29 is 4.39 Å². The Labute approximate surface area is 85.7 Å². The van der Waals surface area contributed by atoms with Gasteiger partial charge in [-0.2, -0.15) is 0 Å². The van der Waals surface area contributed by atoms with E-state index in [-0.39, 0.29) is 10.8 Å². The van der Waals surface area contributed by atoms with Crippen LogP contribution in [0.1, 0.15) is 6.92 Å². The molecule has 4 heteroatoms. The summed E-state index contributed by atoms with van der Waals surface area (Å²) in [5.41, 5.74) is 0.940. The molecule has 1 nitrogen and oxygen atoms in total. The molecule has 13 heavy (non-hydrogen) atoms. The fraction of sp³-hybridized carbons (Fsp3) is 0.333. The summed E-state index contributed by atoms with van der Waals surface area (Å²) in [4.78, 5) is 0.833. The van der Waals surface area contributed by atoms with Gasteiger partial charge in [0.25, 0.3) is 0 Å². The molecule has 1 aromatic rings. The van der Waals surface area contributed by atoms with Crippen LogP contribution in [-0.4, -0.2) is 11.8 Å². The summed E-state index contributed by atoms with van der Waals surface area (Å²) in [7, 11) is 0. The number of rotatable bonds is 0. The van der Waals surface area contributed by atoms with Crippen LogP contribution in [0.15, 0.2) is 17.0 Å². The minimum atomic E-state index is -0.343. The first kappa shape index (κ1) is 9.16. The first-order valence-corrected chi connectivity index (χ1v) is 5.42. The second-order valence-electron chi connectivity index (χ2n) is 3.09. The van der Waals surface area contributed by atoms with Crippen molar-refractivity contribution in [1.29, 1.82) is 0 Å². The van der Waals surface area contributed by atoms with Gasteiger partial charge in [-0.25, -0.2) is 4.39 Å². The molecule has 0 bridgehead atoms. The Morgan fingerprint density at radius 1 is 1.62 bits per heavy atom. The lowest BCUT2D eigenvalue weighted by molar-refractivity contribution is 0.624. The summed E-state index contributed by atoms with van der Waals surface area (Å²) in [5.74, 6) is 0.583. The van der Waals surface area contributed by atoms with E-state index in [2.05, 4.69) is 12.2 Å². The predicted octanol–water partition coefficient (Wildman–Crippen LogP) is 3.39. The molecule has 0 aliphatic carbocycles. The normalized spacial score (nSPS) is 20.7. The molecule has 0 spiro atoms. The van der Waals surface area contributed by atoms with Gasteiger partial charge in [0.1, 0.15) is 5.82 Å². The molecule has 0 unspecified atom stereocenters. The molecular weight excluding hydrogens is 209 g/mol. The van der Waals surface area contributed by atoms with Crippen LogP contribution in [0.3, 0.4) is 0 Å². The van der Waals surface area contributed by atoms with Crippen LogP contribution in [0.25, 0.3) is 0 Å². The maximum atomic E-state index is 13.0. The Morgan fingerprint density at radius 2 is 2.38 bits per heavy atom. The third-order valence-electron chi connectivity index (χ3n) is 1.93. The zero-order valence-electron chi connectivity index (χ0n) is 7.10. The fourth-order valence-electron chi connectivity index (χ4n) is 1.30. The Balaban J connectivity index is 2.47. The van der Waals surface area contributed by atoms with Gasteiger partial charge in [0.05, 0.1) is 9.92 Å². The van der Waals surface area contributed by atoms with E-state index < -0.39 is 0 Å². The van der Waals surface area contributed by atoms with Crippen LogP contribution in [0, 0.1) is 5.82 Å². The van der Waals surface area contributed by atoms with Crippen LogP contribution >= 0.6 is 23.4 Å². The van der Waals surface area contributed by atoms with Crippen molar-refractivity contribution in [2.45, 2.75) is 17.9 Å². The Hall–Kier alpha value is -0.410. The first-order chi connectivity index (χ1) is 6.18. The number of benzene rings is 1. The third kappa shape index (κ3) is 1.63. The van der Waals surface area contributed by atoms with Crippen LogP contribution in [-0.2, 0) is 0 Å². The number of thioether (sulfide) groups is 1. The van der Waals surface area contributed by atoms with Crippen LogP contribution in [0.5, 0.6) is 0 Å². The summed E-state index contributed by atoms with van der Waals surface area (Å²) >= 11 is 7.43. The highest BCUT2D eigenvalue weighted by Crippen LogP contribution is 2.39. The molecule has 1 atom stereocenters. The molecule has 0 saturated heterocycles. The molecule has 1 aliphatic rings. The van der Waals surface area contributed by atoms with Crippen molar-refractivity contribution >= 4 is 29.1 Å². The molecule has 1 aromatic carbocycles. The summed E-state index contributed by atoms with van der Waals surface area (Å²) in [6.07, 6.45) is 0. The van der Waals surface area contributed by atoms with E-state index in [0.29, 0.717) is 6.04 Å². The lowest BCUT2D eigenvalue weighted by Crippen LogP contribution is -2.22. The second kappa shape index (κ2) is 3.39. The standard InChI is InChI=1S/C9H9ClFNS/c1-5-4-13-9-7(12-5)3-2-6(11)8(9)10/h2-3,5,12H,4H2,1H3/t5-/m1/s1. The summed E-state index contributed by atoms with van der Waals surface area (Å²) in [6, 6.07) is 3.55. The van der Waals surface area contributed by atoms with Crippen molar-refractivity contribution in [2.24, 2.45) is 0 Å². The molecule has 0 aromatic heterocycles. The van der Waals surface area contributed by atoms with Gasteiger partial charge in [0.15, 0.2) is 0 Å². The second-order valence-corrected chi connectivity index (χ2v) is 4.50. The van der Waals surface area contributed by atoms with Gasteiger partial charge in [-0.3, -0.25) is 0 Å². The third-order valence-corrected chi connectivity index (χ3v) is 3.79. The molecule has 0 saturated carbocycles. The average molecular weight is 218 g/mol. The average Bonchev–Trinajstić information content (AvgIpc) is 2.12. The maximum absolute atomic E-state index is 13.0. The molecule has 1 heterocycles. The number of halogens is 2. The highest BCUT2D eigenvalue weighted by Gasteiger charge is 2.18. The Kier molecular flexibility index (Phi) is 2.39. The highest BCUT2D eigenvalue weighted by atomic mass is 35.5. The first-order valence-electron chi connectivity index (χ1n) is 4.06. The lowest BCUT2D eigenvalue weighted by Gasteiger charge is -2.24. The topological polar surface area (TPSA) is 12.0 Å². The van der Waals surface area contributed by atoms with Crippen LogP contribution < -0.4 is 5.32 Å². The van der Waals surface area contributed by atoms with Crippen molar-refractivity contribution in [3.63, 3.8) is 0 Å². The fourth-order valence-corrected chi connectivity index (χ4v) is 2.64. The van der Waals surface area contributed by atoms with Crippen molar-refractivity contribution in [3.8, 4) is 0 Å². The van der Waals surface area contributed by atoms with Crippen LogP contribution in [0.4, 0.5) is 10.1 Å². The molecule has 2 rings (SSSR count). The zero-order chi connectivity index (χ0) is 9.42. The van der Waals surface area contributed by atoms with Gasteiger partial charge in [0.2, 0.25) is 0 Å². The smallest absolute Gasteiger partial charge is 0.143 e. The van der Waals surface area contributed by atoms with E-state index in [0.717, 1.165) is 16.3 Å². The van der Waals surface area contributed by atoms with Crippen molar-refractivity contribution in [1.82, 2.24) is 0 Å². The molecule has 0 fully saturated rings. The van der Waals surface area contributed by atoms with Crippen molar-refractivity contribution in [2.75, 3.05) is 11.1 Å². The lowest BCUT2D eigenvalue weighted by atomic mass is 10.2. The predicted molar refractivity (Wildman–Crippen MR) is 55.2 cm³/mol. The largest absolute Gasteiger partial charge is 0.381 e. The van der Waals surface area contributed by atoms with Gasteiger partial charge < -0.3 is 5.32 Å². The number of hydrogen-bond acceptors (Lipinski definition) is 2. The minimum Gasteiger partial charge on any atom is -0.381 e. The molecule has 0 radical (unpaired) electrons. The van der Waals surface area contributed by atoms with E-state index in [1.807, 2.05) is 0 Å². The van der Waals surface area contributed by atoms with Gasteiger partial charge in [-0.1, -0.05) is 11.6 Å². The van der Waals surface area contributed by atoms with E-state index in [1.54, 1.807) is 17.8 Å². The number of nitrogens with one attached hydrogen (secondary N) is 1. The molecule has 1 aliphatic heterocycles. The summed E-state index contributed by atoms with van der Waals surface area (Å²) in [5, 5.41) is 3.49. The number of fused-ring (bicyclic) bond motifs is 1. The van der Waals surface area contributed by atoms with Gasteiger partial charge >= 0.3 is 0 Å². The highest BCUT2D eigenvalue weighted by molar-refractivity contribution is 7.99. The van der Waals surface area contributed by atoms with E-state index >= 15 is 0 Å². The summed E-state index contributed by atoms with van der Waals surface area (Å²) < 4.78 is 13.0. The van der Waals surface area contributed by atoms with E-state index in [9.17, 15) is 4.39 Å². The zero-order valence-corrected chi connectivity index (χ0v) is 8.68. The monoisotopic (exact) mass is 217 g/mol. The quantitative estimate of drug-likeness (QED) is 0.715. The van der Waals surface area contributed by atoms with E-state index in [1.165, 1.54) is 6.07 Å². The van der Waals surface area contributed by atoms with Crippen LogP contribution in [0.2, 0.25) is 5.02 Å². The maximum Gasteiger partial charge on any atom is 0.143 e. The SMILES string of the molecule is C[C@@H]1CSc2c(ccc(F)c2Cl)N1. The summed E-state index contributed by atoms with van der Waals surface area (Å²) in [6.45, 7) is 2.09. The van der Waals surface area contributed by atoms with Crippen molar-refractivity contribution in [3.05, 3.63) is 23.0 Å². The molecule has 0 amide bonds. The number of hydrogen-bond donors (Lipinski definition) is 1. The molecule has 1 N–H and O–H groups in total. The minimum absolute atomic E-state index is 0.238. The van der Waals surface area contributed by atoms with Gasteiger partial charge in [-0.05, 0) is 19.1 Å². The van der Waals surface area contributed by atoms with E-state index in [4.69, 9.17) is 11.6 Å². The Morgan fingerprint density at radius 3 is 3.15 bits per heavy atom.